The van der Waals surface area contributed by atoms with Gasteiger partial charge < -0.3 is 15.4 Å². The number of aryl methyl sites for hydroxylation is 1. The van der Waals surface area contributed by atoms with Gasteiger partial charge in [-0.2, -0.15) is 4.98 Å². The number of nitrogens with zero attached hydrogens (tertiary/aromatic N) is 3. The Morgan fingerprint density at radius 2 is 2.24 bits per heavy atom. The number of ether oxygens (including phenoxy) is 1. The summed E-state index contributed by atoms with van der Waals surface area (Å²) < 4.78 is 7.68. The average Bonchev–Trinajstić information content (AvgIpc) is 2.90. The Bertz CT molecular complexity index is 576. The lowest BCUT2D eigenvalue weighted by molar-refractivity contribution is 0.0329. The van der Waals surface area contributed by atoms with Gasteiger partial charge in [0.15, 0.2) is 5.65 Å². The maximum Gasteiger partial charge on any atom is 0.243 e. The molecular formula is C15H23N5O. The van der Waals surface area contributed by atoms with Crippen LogP contribution in [0.5, 0.6) is 0 Å². The number of aromatic nitrogens is 3. The van der Waals surface area contributed by atoms with Crippen molar-refractivity contribution >= 4 is 11.6 Å². The van der Waals surface area contributed by atoms with Crippen molar-refractivity contribution in [2.45, 2.75) is 32.3 Å². The van der Waals surface area contributed by atoms with Gasteiger partial charge in [-0.05, 0) is 50.9 Å². The number of hydrogen-bond donors (Lipinski definition) is 2. The third-order valence-electron chi connectivity index (χ3n) is 3.72. The molecule has 1 saturated heterocycles. The second kappa shape index (κ2) is 6.87. The predicted molar refractivity (Wildman–Crippen MR) is 82.7 cm³/mol. The van der Waals surface area contributed by atoms with Gasteiger partial charge in [0.05, 0.1) is 6.10 Å². The van der Waals surface area contributed by atoms with E-state index in [0.717, 1.165) is 51.2 Å². The Morgan fingerprint density at radius 1 is 1.38 bits per heavy atom. The van der Waals surface area contributed by atoms with Crippen LogP contribution in [0.1, 0.15) is 24.8 Å². The summed E-state index contributed by atoms with van der Waals surface area (Å²) in [5.74, 6) is 0.683. The molecule has 0 radical (unpaired) electrons. The Kier molecular flexibility index (Phi) is 4.67. The highest BCUT2D eigenvalue weighted by Crippen LogP contribution is 2.09. The molecule has 0 amide bonds. The molecule has 1 aliphatic rings. The number of rotatable bonds is 6. The topological polar surface area (TPSA) is 63.5 Å². The van der Waals surface area contributed by atoms with Gasteiger partial charge >= 0.3 is 0 Å². The van der Waals surface area contributed by atoms with E-state index in [2.05, 4.69) is 20.7 Å². The van der Waals surface area contributed by atoms with Gasteiger partial charge in [0.25, 0.3) is 0 Å². The molecule has 0 aliphatic carbocycles. The van der Waals surface area contributed by atoms with Crippen molar-refractivity contribution in [1.29, 1.82) is 0 Å². The van der Waals surface area contributed by atoms with Crippen LogP contribution in [0.2, 0.25) is 0 Å². The summed E-state index contributed by atoms with van der Waals surface area (Å²) in [6, 6.07) is 4.02. The molecule has 1 aliphatic heterocycles. The van der Waals surface area contributed by atoms with Gasteiger partial charge in [-0.3, -0.25) is 0 Å². The SMILES string of the molecule is Cc1ccc2nc(NCCCOC3CCNCC3)nn2c1. The van der Waals surface area contributed by atoms with E-state index >= 15 is 0 Å². The van der Waals surface area contributed by atoms with E-state index < -0.39 is 0 Å². The largest absolute Gasteiger partial charge is 0.378 e. The summed E-state index contributed by atoms with van der Waals surface area (Å²) in [5, 5.41) is 11.0. The van der Waals surface area contributed by atoms with Crippen molar-refractivity contribution in [3.8, 4) is 0 Å². The van der Waals surface area contributed by atoms with Gasteiger partial charge in [0.1, 0.15) is 0 Å². The van der Waals surface area contributed by atoms with Crippen molar-refractivity contribution in [1.82, 2.24) is 19.9 Å². The lowest BCUT2D eigenvalue weighted by Gasteiger charge is -2.22. The minimum Gasteiger partial charge on any atom is -0.378 e. The Morgan fingerprint density at radius 3 is 3.10 bits per heavy atom. The van der Waals surface area contributed by atoms with Crippen molar-refractivity contribution in [3.05, 3.63) is 23.9 Å². The Hall–Kier alpha value is -1.66. The molecule has 1 fully saturated rings. The Balaban J connectivity index is 1.40. The zero-order chi connectivity index (χ0) is 14.5. The van der Waals surface area contributed by atoms with Crippen LogP contribution in [0.4, 0.5) is 5.95 Å². The molecule has 0 aromatic carbocycles. The van der Waals surface area contributed by atoms with E-state index in [-0.39, 0.29) is 0 Å². The average molecular weight is 289 g/mol. The highest BCUT2D eigenvalue weighted by atomic mass is 16.5. The molecule has 6 nitrogen and oxygen atoms in total. The standard InChI is InChI=1S/C15H23N5O/c1-12-3-4-14-18-15(19-20(14)11-12)17-7-2-10-21-13-5-8-16-9-6-13/h3-4,11,13,16H,2,5-10H2,1H3,(H,17,19). The van der Waals surface area contributed by atoms with Crippen LogP contribution < -0.4 is 10.6 Å². The highest BCUT2D eigenvalue weighted by molar-refractivity contribution is 5.43. The molecule has 2 aromatic heterocycles. The summed E-state index contributed by atoms with van der Waals surface area (Å²) in [6.07, 6.45) is 5.64. The number of piperidine rings is 1. The second-order valence-electron chi connectivity index (χ2n) is 5.55. The molecule has 3 rings (SSSR count). The van der Waals surface area contributed by atoms with Crippen LogP contribution in [-0.2, 0) is 4.74 Å². The van der Waals surface area contributed by atoms with Crippen LogP contribution >= 0.6 is 0 Å². The minimum atomic E-state index is 0.433. The number of pyridine rings is 1. The monoisotopic (exact) mass is 289 g/mol. The minimum absolute atomic E-state index is 0.433. The first-order valence-electron chi connectivity index (χ1n) is 7.70. The first-order chi connectivity index (χ1) is 10.3. The lowest BCUT2D eigenvalue weighted by Crippen LogP contribution is -2.32. The van der Waals surface area contributed by atoms with E-state index in [1.54, 1.807) is 0 Å². The zero-order valence-corrected chi connectivity index (χ0v) is 12.5. The second-order valence-corrected chi connectivity index (χ2v) is 5.55. The lowest BCUT2D eigenvalue weighted by atomic mass is 10.1. The zero-order valence-electron chi connectivity index (χ0n) is 12.5. The highest BCUT2D eigenvalue weighted by Gasteiger charge is 2.12. The van der Waals surface area contributed by atoms with Crippen molar-refractivity contribution in [3.63, 3.8) is 0 Å². The van der Waals surface area contributed by atoms with Gasteiger partial charge in [-0.1, -0.05) is 6.07 Å². The molecule has 0 spiro atoms. The molecule has 0 unspecified atom stereocenters. The fourth-order valence-electron chi connectivity index (χ4n) is 2.55. The summed E-state index contributed by atoms with van der Waals surface area (Å²) in [5.41, 5.74) is 2.04. The summed E-state index contributed by atoms with van der Waals surface area (Å²) in [7, 11) is 0. The van der Waals surface area contributed by atoms with E-state index in [1.807, 2.05) is 29.8 Å². The molecule has 114 valence electrons. The van der Waals surface area contributed by atoms with Crippen molar-refractivity contribution in [2.24, 2.45) is 0 Å². The van der Waals surface area contributed by atoms with E-state index in [9.17, 15) is 0 Å². The van der Waals surface area contributed by atoms with Crippen molar-refractivity contribution in [2.75, 3.05) is 31.6 Å². The number of nitrogens with one attached hydrogen (secondary N) is 2. The van der Waals surface area contributed by atoms with E-state index in [1.165, 1.54) is 5.56 Å². The van der Waals surface area contributed by atoms with Gasteiger partial charge in [0, 0.05) is 19.3 Å². The van der Waals surface area contributed by atoms with Crippen LogP contribution in [0, 0.1) is 6.92 Å². The predicted octanol–water partition coefficient (Wildman–Crippen LogP) is 1.61. The summed E-state index contributed by atoms with van der Waals surface area (Å²) in [4.78, 5) is 4.43. The fourth-order valence-corrected chi connectivity index (χ4v) is 2.55. The van der Waals surface area contributed by atoms with Gasteiger partial charge in [-0.25, -0.2) is 4.52 Å². The maximum atomic E-state index is 5.87. The summed E-state index contributed by atoms with van der Waals surface area (Å²) >= 11 is 0. The molecule has 6 heteroatoms. The summed E-state index contributed by atoms with van der Waals surface area (Å²) in [6.45, 7) is 5.83. The molecule has 3 heterocycles. The molecule has 2 N–H and O–H groups in total. The Labute approximate surface area is 124 Å². The third-order valence-corrected chi connectivity index (χ3v) is 3.72. The molecular weight excluding hydrogens is 266 g/mol. The third kappa shape index (κ3) is 3.92. The quantitative estimate of drug-likeness (QED) is 0.791. The van der Waals surface area contributed by atoms with Gasteiger partial charge in [0.2, 0.25) is 5.95 Å². The van der Waals surface area contributed by atoms with E-state index in [4.69, 9.17) is 4.74 Å². The number of fused-ring (bicyclic) bond motifs is 1. The number of anilines is 1. The fraction of sp³-hybridized carbons (Fsp3) is 0.600. The van der Waals surface area contributed by atoms with Crippen LogP contribution in [0.3, 0.4) is 0 Å². The first-order valence-corrected chi connectivity index (χ1v) is 7.70. The van der Waals surface area contributed by atoms with Gasteiger partial charge in [-0.15, -0.1) is 5.10 Å². The molecule has 0 saturated carbocycles. The molecule has 0 bridgehead atoms. The molecule has 0 atom stereocenters. The van der Waals surface area contributed by atoms with Crippen LogP contribution in [-0.4, -0.2) is 46.9 Å². The van der Waals surface area contributed by atoms with Crippen molar-refractivity contribution < 1.29 is 4.74 Å². The normalized spacial score (nSPS) is 16.4. The van der Waals surface area contributed by atoms with Crippen LogP contribution in [0.15, 0.2) is 18.3 Å². The van der Waals surface area contributed by atoms with Crippen LogP contribution in [0.25, 0.3) is 5.65 Å². The smallest absolute Gasteiger partial charge is 0.243 e. The molecule has 21 heavy (non-hydrogen) atoms. The molecule has 2 aromatic rings. The first kappa shape index (κ1) is 14.3. The number of hydrogen-bond acceptors (Lipinski definition) is 5. The van der Waals surface area contributed by atoms with E-state index in [0.29, 0.717) is 12.1 Å². The maximum absolute atomic E-state index is 5.87.